The van der Waals surface area contributed by atoms with Gasteiger partial charge >= 0.3 is 0 Å². The number of hydrogen-bond donors (Lipinski definition) is 2. The topological polar surface area (TPSA) is 52.2 Å². The van der Waals surface area contributed by atoms with Crippen LogP contribution < -0.4 is 4.80 Å². The molecular weight excluding hydrogens is 426 g/mol. The molecular formula is C25H34ClN3OS. The Morgan fingerprint density at radius 2 is 1.74 bits per heavy atom. The number of thiazole rings is 1. The first kappa shape index (κ1) is 20.7. The van der Waals surface area contributed by atoms with E-state index in [9.17, 15) is 5.11 Å². The number of hydrogen-bond acceptors (Lipinski definition) is 4. The average molecular weight is 460 g/mol. The van der Waals surface area contributed by atoms with Gasteiger partial charge in [-0.05, 0) is 112 Å². The van der Waals surface area contributed by atoms with Crippen LogP contribution in [0.2, 0.25) is 5.02 Å². The monoisotopic (exact) mass is 459 g/mol. The Kier molecular flexibility index (Phi) is 5.25. The number of piperidine rings is 1. The van der Waals surface area contributed by atoms with Crippen molar-refractivity contribution in [3.05, 3.63) is 28.0 Å². The lowest BCUT2D eigenvalue weighted by molar-refractivity contribution is -0.128. The van der Waals surface area contributed by atoms with Gasteiger partial charge in [-0.2, -0.15) is 0 Å². The van der Waals surface area contributed by atoms with E-state index < -0.39 is 0 Å². The molecule has 31 heavy (non-hydrogen) atoms. The SMILES string of the molecule is N=c1sc2cc(Cl)ccc2n1CC1CCN(C[C@@H](O)C23CC4CC(CC(C4)C2)C3)CC1. The maximum absolute atomic E-state index is 11.3. The highest BCUT2D eigenvalue weighted by atomic mass is 35.5. The Balaban J connectivity index is 1.07. The summed E-state index contributed by atoms with van der Waals surface area (Å²) in [4.78, 5) is 3.15. The number of β-amino-alcohol motifs (C(OH)–C–C–N with tert-alkyl or cyclic N) is 1. The van der Waals surface area contributed by atoms with Crippen molar-refractivity contribution in [3.8, 4) is 0 Å². The molecule has 1 saturated heterocycles. The molecule has 4 nitrogen and oxygen atoms in total. The molecule has 7 rings (SSSR count). The van der Waals surface area contributed by atoms with E-state index in [2.05, 4.69) is 15.5 Å². The van der Waals surface area contributed by atoms with Crippen molar-refractivity contribution >= 4 is 33.2 Å². The molecule has 1 atom stereocenters. The number of likely N-dealkylation sites (tertiary alicyclic amines) is 1. The van der Waals surface area contributed by atoms with Gasteiger partial charge in [0.1, 0.15) is 0 Å². The van der Waals surface area contributed by atoms with E-state index in [1.807, 2.05) is 12.1 Å². The molecule has 4 bridgehead atoms. The summed E-state index contributed by atoms with van der Waals surface area (Å²) in [7, 11) is 0. The second-order valence-electron chi connectivity index (χ2n) is 11.2. The molecule has 2 heterocycles. The lowest BCUT2D eigenvalue weighted by Crippen LogP contribution is -2.55. The number of nitrogens with zero attached hydrogens (tertiary/aromatic N) is 2. The Morgan fingerprint density at radius 1 is 1.10 bits per heavy atom. The van der Waals surface area contributed by atoms with Crippen LogP contribution in [0.25, 0.3) is 10.2 Å². The number of aliphatic hydroxyl groups is 1. The van der Waals surface area contributed by atoms with Gasteiger partial charge in [0.05, 0.1) is 16.3 Å². The summed E-state index contributed by atoms with van der Waals surface area (Å²) in [5.41, 5.74) is 1.37. The highest BCUT2D eigenvalue weighted by molar-refractivity contribution is 7.16. The molecule has 168 valence electrons. The van der Waals surface area contributed by atoms with E-state index in [1.54, 1.807) is 0 Å². The second-order valence-corrected chi connectivity index (χ2v) is 12.6. The maximum Gasteiger partial charge on any atom is 0.182 e. The van der Waals surface area contributed by atoms with Gasteiger partial charge in [-0.3, -0.25) is 5.41 Å². The standard InChI is InChI=1S/C25H34ClN3OS/c26-20-1-2-21-22(10-20)31-24(27)29(21)14-16-3-5-28(6-4-16)15-23(30)25-11-17-7-18(12-25)9-19(8-17)13-25/h1-2,10,16-19,23,27,30H,3-9,11-15H2/t17?,18?,19?,23-,25?/m1/s1. The molecule has 2 aromatic rings. The number of benzene rings is 1. The van der Waals surface area contributed by atoms with E-state index >= 15 is 0 Å². The van der Waals surface area contributed by atoms with Gasteiger partial charge in [0.25, 0.3) is 0 Å². The van der Waals surface area contributed by atoms with E-state index in [0.29, 0.717) is 10.7 Å². The zero-order valence-electron chi connectivity index (χ0n) is 18.2. The number of halogens is 1. The minimum absolute atomic E-state index is 0.141. The van der Waals surface area contributed by atoms with Crippen LogP contribution in [0.5, 0.6) is 0 Å². The van der Waals surface area contributed by atoms with Gasteiger partial charge in [0.15, 0.2) is 4.80 Å². The fourth-order valence-electron chi connectivity index (χ4n) is 7.88. The van der Waals surface area contributed by atoms with Crippen LogP contribution in [0.3, 0.4) is 0 Å². The number of nitrogens with one attached hydrogen (secondary N) is 1. The Bertz CT molecular complexity index is 986. The number of aromatic nitrogens is 1. The molecule has 2 N–H and O–H groups in total. The number of fused-ring (bicyclic) bond motifs is 1. The second kappa shape index (κ2) is 7.86. The summed E-state index contributed by atoms with van der Waals surface area (Å²) in [5.74, 6) is 3.31. The smallest absolute Gasteiger partial charge is 0.182 e. The van der Waals surface area contributed by atoms with E-state index in [4.69, 9.17) is 17.0 Å². The van der Waals surface area contributed by atoms with Crippen LogP contribution in [0.1, 0.15) is 51.4 Å². The van der Waals surface area contributed by atoms with Gasteiger partial charge in [-0.25, -0.2) is 0 Å². The number of aliphatic hydroxyl groups excluding tert-OH is 1. The van der Waals surface area contributed by atoms with Crippen LogP contribution >= 0.6 is 22.9 Å². The predicted molar refractivity (Wildman–Crippen MR) is 126 cm³/mol. The van der Waals surface area contributed by atoms with Crippen LogP contribution in [0.15, 0.2) is 18.2 Å². The molecule has 1 aromatic heterocycles. The first-order valence-corrected chi connectivity index (χ1v) is 13.4. The van der Waals surface area contributed by atoms with E-state index in [0.717, 1.165) is 72.0 Å². The van der Waals surface area contributed by atoms with E-state index in [1.165, 1.54) is 49.9 Å². The molecule has 1 aromatic carbocycles. The molecule has 0 spiro atoms. The zero-order chi connectivity index (χ0) is 21.2. The van der Waals surface area contributed by atoms with Crippen molar-refractivity contribution in [3.63, 3.8) is 0 Å². The van der Waals surface area contributed by atoms with Crippen LogP contribution in [0, 0.1) is 34.5 Å². The molecule has 0 radical (unpaired) electrons. The molecule has 0 unspecified atom stereocenters. The molecule has 4 saturated carbocycles. The lowest BCUT2D eigenvalue weighted by atomic mass is 9.48. The minimum atomic E-state index is -0.141. The molecule has 5 fully saturated rings. The van der Waals surface area contributed by atoms with Gasteiger partial charge in [0, 0.05) is 18.1 Å². The molecule has 6 heteroatoms. The van der Waals surface area contributed by atoms with Gasteiger partial charge < -0.3 is 14.6 Å². The van der Waals surface area contributed by atoms with Gasteiger partial charge in [0.2, 0.25) is 0 Å². The normalized spacial score (nSPS) is 34.6. The highest BCUT2D eigenvalue weighted by Crippen LogP contribution is 2.61. The van der Waals surface area contributed by atoms with Crippen molar-refractivity contribution < 1.29 is 5.11 Å². The predicted octanol–water partition coefficient (Wildman–Crippen LogP) is 5.12. The Labute approximate surface area is 193 Å². The fraction of sp³-hybridized carbons (Fsp3) is 0.720. The van der Waals surface area contributed by atoms with Crippen LogP contribution in [-0.4, -0.2) is 40.3 Å². The third-order valence-corrected chi connectivity index (χ3v) is 10.2. The first-order valence-electron chi connectivity index (χ1n) is 12.2. The van der Waals surface area contributed by atoms with Crippen molar-refractivity contribution in [1.29, 1.82) is 5.41 Å². The third-order valence-electron chi connectivity index (χ3n) is 9.04. The Hall–Kier alpha value is -0.880. The average Bonchev–Trinajstić information content (AvgIpc) is 3.02. The summed E-state index contributed by atoms with van der Waals surface area (Å²) in [6.07, 6.45) is 10.4. The summed E-state index contributed by atoms with van der Waals surface area (Å²) in [5, 5.41) is 20.5. The quantitative estimate of drug-likeness (QED) is 0.651. The zero-order valence-corrected chi connectivity index (χ0v) is 19.8. The van der Waals surface area contributed by atoms with Gasteiger partial charge in [-0.15, -0.1) is 0 Å². The molecule has 5 aliphatic rings. The molecule has 0 amide bonds. The fourth-order valence-corrected chi connectivity index (χ4v) is 9.07. The number of rotatable bonds is 5. The maximum atomic E-state index is 11.3. The summed E-state index contributed by atoms with van der Waals surface area (Å²) < 4.78 is 3.27. The summed E-state index contributed by atoms with van der Waals surface area (Å²) >= 11 is 7.66. The van der Waals surface area contributed by atoms with Crippen molar-refractivity contribution in [2.75, 3.05) is 19.6 Å². The largest absolute Gasteiger partial charge is 0.391 e. The van der Waals surface area contributed by atoms with Crippen molar-refractivity contribution in [2.24, 2.45) is 29.1 Å². The Morgan fingerprint density at radius 3 is 2.39 bits per heavy atom. The van der Waals surface area contributed by atoms with Crippen molar-refractivity contribution in [2.45, 2.75) is 64.0 Å². The summed E-state index contributed by atoms with van der Waals surface area (Å²) in [6, 6.07) is 5.97. The molecule has 1 aliphatic heterocycles. The van der Waals surface area contributed by atoms with E-state index in [-0.39, 0.29) is 11.5 Å². The van der Waals surface area contributed by atoms with Crippen LogP contribution in [0.4, 0.5) is 0 Å². The molecule has 4 aliphatic carbocycles. The van der Waals surface area contributed by atoms with Crippen LogP contribution in [-0.2, 0) is 6.54 Å². The first-order chi connectivity index (χ1) is 15.0. The lowest BCUT2D eigenvalue weighted by Gasteiger charge is -2.59. The third kappa shape index (κ3) is 3.80. The van der Waals surface area contributed by atoms with Crippen molar-refractivity contribution in [1.82, 2.24) is 9.47 Å². The minimum Gasteiger partial charge on any atom is -0.391 e. The highest BCUT2D eigenvalue weighted by Gasteiger charge is 2.54. The van der Waals surface area contributed by atoms with Gasteiger partial charge in [-0.1, -0.05) is 22.9 Å². The summed E-state index contributed by atoms with van der Waals surface area (Å²) in [6.45, 7) is 3.95.